The van der Waals surface area contributed by atoms with Crippen LogP contribution in [-0.4, -0.2) is 40.8 Å². The van der Waals surface area contributed by atoms with E-state index in [1.807, 2.05) is 13.8 Å². The number of thioether (sulfide) groups is 1. The predicted molar refractivity (Wildman–Crippen MR) is 134 cm³/mol. The summed E-state index contributed by atoms with van der Waals surface area (Å²) >= 11 is 12.8. The van der Waals surface area contributed by atoms with Gasteiger partial charge in [0.05, 0.1) is 22.6 Å². The number of carbonyl (C=O) groups excluding carboxylic acids is 2. The fraction of sp³-hybridized carbons (Fsp3) is 0.261. The van der Waals surface area contributed by atoms with E-state index in [4.69, 9.17) is 33.3 Å². The third-order valence-electron chi connectivity index (χ3n) is 4.71. The Hall–Kier alpha value is -2.76. The molecule has 1 aliphatic heterocycles. The van der Waals surface area contributed by atoms with E-state index in [1.54, 1.807) is 12.1 Å². The number of nitrogens with zero attached hydrogens (tertiary/aromatic N) is 1. The fourth-order valence-electron chi connectivity index (χ4n) is 3.15. The van der Waals surface area contributed by atoms with Gasteiger partial charge in [-0.2, -0.15) is 13.2 Å². The van der Waals surface area contributed by atoms with Crippen LogP contribution in [0.1, 0.15) is 25.0 Å². The van der Waals surface area contributed by atoms with Gasteiger partial charge in [0.1, 0.15) is 4.32 Å². The molecule has 1 saturated heterocycles. The largest absolute Gasteiger partial charge is 0.493 e. The van der Waals surface area contributed by atoms with Crippen LogP contribution in [0.4, 0.5) is 18.9 Å². The summed E-state index contributed by atoms with van der Waals surface area (Å²) in [5.41, 5.74) is -0.362. The molecule has 2 aromatic carbocycles. The second kappa shape index (κ2) is 10.9. The molecule has 1 fully saturated rings. The van der Waals surface area contributed by atoms with Gasteiger partial charge in [-0.15, -0.1) is 0 Å². The molecule has 0 spiro atoms. The summed E-state index contributed by atoms with van der Waals surface area (Å²) in [6, 6.07) is 7.27. The van der Waals surface area contributed by atoms with Gasteiger partial charge < -0.3 is 14.8 Å². The van der Waals surface area contributed by atoms with Crippen LogP contribution in [0.2, 0.25) is 5.02 Å². The molecule has 1 N–H and O–H groups in total. The van der Waals surface area contributed by atoms with Crippen LogP contribution >= 0.6 is 35.6 Å². The van der Waals surface area contributed by atoms with Crippen molar-refractivity contribution >= 4 is 63.5 Å². The molecule has 6 nitrogen and oxygen atoms in total. The van der Waals surface area contributed by atoms with Crippen LogP contribution in [-0.2, 0) is 15.8 Å². The van der Waals surface area contributed by atoms with Crippen molar-refractivity contribution in [1.29, 1.82) is 0 Å². The summed E-state index contributed by atoms with van der Waals surface area (Å²) in [6.45, 7) is 3.20. The number of carbonyl (C=O) groups is 2. The van der Waals surface area contributed by atoms with Gasteiger partial charge in [-0.3, -0.25) is 14.5 Å². The van der Waals surface area contributed by atoms with Crippen molar-refractivity contribution in [2.24, 2.45) is 0 Å². The van der Waals surface area contributed by atoms with E-state index in [9.17, 15) is 22.8 Å². The lowest BCUT2D eigenvalue weighted by Crippen LogP contribution is -2.34. The van der Waals surface area contributed by atoms with E-state index in [0.29, 0.717) is 14.8 Å². The number of amides is 2. The molecule has 0 atom stereocenters. The second-order valence-electron chi connectivity index (χ2n) is 7.59. The maximum atomic E-state index is 12.9. The minimum Gasteiger partial charge on any atom is -0.493 e. The molecule has 0 aromatic heterocycles. The van der Waals surface area contributed by atoms with Gasteiger partial charge in [-0.05, 0) is 55.8 Å². The van der Waals surface area contributed by atoms with Gasteiger partial charge in [-0.25, -0.2) is 0 Å². The molecule has 12 heteroatoms. The van der Waals surface area contributed by atoms with E-state index in [2.05, 4.69) is 5.32 Å². The average molecular weight is 545 g/mol. The summed E-state index contributed by atoms with van der Waals surface area (Å²) in [7, 11) is 1.38. The number of nitrogens with one attached hydrogen (secondary N) is 1. The minimum absolute atomic E-state index is 0.0273. The van der Waals surface area contributed by atoms with Crippen LogP contribution in [0.15, 0.2) is 41.3 Å². The quantitative estimate of drug-likeness (QED) is 0.341. The molecule has 2 aromatic rings. The summed E-state index contributed by atoms with van der Waals surface area (Å²) in [5.74, 6) is -0.629. The first-order chi connectivity index (χ1) is 16.4. The fourth-order valence-corrected chi connectivity index (χ4v) is 4.95. The molecule has 2 amide bonds. The summed E-state index contributed by atoms with van der Waals surface area (Å²) in [6.07, 6.45) is -2.91. The number of rotatable bonds is 7. The Morgan fingerprint density at radius 2 is 2.00 bits per heavy atom. The van der Waals surface area contributed by atoms with Gasteiger partial charge in [0, 0.05) is 11.7 Å². The maximum absolute atomic E-state index is 12.9. The van der Waals surface area contributed by atoms with E-state index < -0.39 is 24.3 Å². The minimum atomic E-state index is -4.53. The zero-order chi connectivity index (χ0) is 25.9. The number of ether oxygens (including phenoxy) is 2. The topological polar surface area (TPSA) is 67.9 Å². The standard InChI is InChI=1S/C23H20ClF3N2O4S2/c1-12(2)29-21(31)18(35-22(29)34)9-13-7-16(24)20(17(8-13)32-3)33-11-19(30)28-15-6-4-5-14(10-15)23(25,26)27/h4-10,12H,11H2,1-3H3,(H,28,30)/b18-9-. The van der Waals surface area contributed by atoms with E-state index in [1.165, 1.54) is 42.0 Å². The first kappa shape index (κ1) is 26.8. The van der Waals surface area contributed by atoms with Crippen LogP contribution in [0.3, 0.4) is 0 Å². The highest BCUT2D eigenvalue weighted by atomic mass is 35.5. The van der Waals surface area contributed by atoms with Crippen molar-refractivity contribution in [3.05, 3.63) is 57.5 Å². The van der Waals surface area contributed by atoms with Crippen molar-refractivity contribution in [2.75, 3.05) is 19.0 Å². The molecular formula is C23H20ClF3N2O4S2. The lowest BCUT2D eigenvalue weighted by atomic mass is 10.1. The van der Waals surface area contributed by atoms with Crippen molar-refractivity contribution in [1.82, 2.24) is 4.90 Å². The number of alkyl halides is 3. The van der Waals surface area contributed by atoms with Crippen LogP contribution < -0.4 is 14.8 Å². The summed E-state index contributed by atoms with van der Waals surface area (Å²) in [4.78, 5) is 26.8. The van der Waals surface area contributed by atoms with Gasteiger partial charge in [0.15, 0.2) is 18.1 Å². The molecule has 0 bridgehead atoms. The zero-order valence-electron chi connectivity index (χ0n) is 18.7. The van der Waals surface area contributed by atoms with Gasteiger partial charge >= 0.3 is 6.18 Å². The maximum Gasteiger partial charge on any atom is 0.416 e. The molecule has 0 unspecified atom stereocenters. The van der Waals surface area contributed by atoms with Gasteiger partial charge in [0.25, 0.3) is 11.8 Å². The molecule has 0 saturated carbocycles. The molecule has 0 radical (unpaired) electrons. The molecule has 35 heavy (non-hydrogen) atoms. The normalized spacial score (nSPS) is 15.2. The van der Waals surface area contributed by atoms with Gasteiger partial charge in [-0.1, -0.05) is 41.6 Å². The number of anilines is 1. The van der Waals surface area contributed by atoms with Crippen molar-refractivity contribution in [3.63, 3.8) is 0 Å². The predicted octanol–water partition coefficient (Wildman–Crippen LogP) is 5.99. The smallest absolute Gasteiger partial charge is 0.416 e. The van der Waals surface area contributed by atoms with Crippen molar-refractivity contribution < 1.29 is 32.2 Å². The van der Waals surface area contributed by atoms with E-state index >= 15 is 0 Å². The molecule has 186 valence electrons. The lowest BCUT2D eigenvalue weighted by molar-refractivity contribution is -0.137. The highest BCUT2D eigenvalue weighted by Gasteiger charge is 2.34. The van der Waals surface area contributed by atoms with E-state index in [0.717, 1.165) is 12.1 Å². The number of halogens is 4. The Morgan fingerprint density at radius 1 is 1.29 bits per heavy atom. The molecular weight excluding hydrogens is 525 g/mol. The molecule has 0 aliphatic carbocycles. The first-order valence-electron chi connectivity index (χ1n) is 10.1. The highest BCUT2D eigenvalue weighted by Crippen LogP contribution is 2.39. The SMILES string of the molecule is COc1cc(/C=C2\SC(=S)N(C(C)C)C2=O)cc(Cl)c1OCC(=O)Nc1cccc(C(F)(F)F)c1. The van der Waals surface area contributed by atoms with Crippen LogP contribution in [0.25, 0.3) is 6.08 Å². The Morgan fingerprint density at radius 3 is 2.60 bits per heavy atom. The Kier molecular flexibility index (Phi) is 8.34. The average Bonchev–Trinajstić information content (AvgIpc) is 3.05. The highest BCUT2D eigenvalue weighted by molar-refractivity contribution is 8.26. The first-order valence-corrected chi connectivity index (χ1v) is 11.8. The zero-order valence-corrected chi connectivity index (χ0v) is 21.1. The third kappa shape index (κ3) is 6.47. The number of thiocarbonyl (C=S) groups is 1. The molecule has 1 aliphatic rings. The van der Waals surface area contributed by atoms with Crippen molar-refractivity contribution in [2.45, 2.75) is 26.1 Å². The third-order valence-corrected chi connectivity index (χ3v) is 6.32. The number of hydrogen-bond acceptors (Lipinski definition) is 6. The Balaban J connectivity index is 1.73. The second-order valence-corrected chi connectivity index (χ2v) is 9.68. The lowest BCUT2D eigenvalue weighted by Gasteiger charge is -2.18. The number of methoxy groups -OCH3 is 1. The number of benzene rings is 2. The summed E-state index contributed by atoms with van der Waals surface area (Å²) < 4.78 is 49.8. The van der Waals surface area contributed by atoms with Crippen LogP contribution in [0, 0.1) is 0 Å². The Labute approximate surface area is 214 Å². The Bertz CT molecular complexity index is 1200. The van der Waals surface area contributed by atoms with Gasteiger partial charge in [0.2, 0.25) is 0 Å². The monoisotopic (exact) mass is 544 g/mol. The van der Waals surface area contributed by atoms with E-state index in [-0.39, 0.29) is 34.2 Å². The van der Waals surface area contributed by atoms with Crippen molar-refractivity contribution in [3.8, 4) is 11.5 Å². The number of hydrogen-bond donors (Lipinski definition) is 1. The summed E-state index contributed by atoms with van der Waals surface area (Å²) in [5, 5.41) is 2.46. The van der Waals surface area contributed by atoms with Crippen LogP contribution in [0.5, 0.6) is 11.5 Å². The molecule has 1 heterocycles. The molecule has 3 rings (SSSR count).